The van der Waals surface area contributed by atoms with Crippen molar-refractivity contribution in [2.45, 2.75) is 31.9 Å². The number of carbonyl (C=O) groups is 3. The third-order valence-corrected chi connectivity index (χ3v) is 5.28. The fourth-order valence-electron chi connectivity index (χ4n) is 3.50. The summed E-state index contributed by atoms with van der Waals surface area (Å²) in [5.41, 5.74) is -1.05. The first kappa shape index (κ1) is 20.4. The van der Waals surface area contributed by atoms with Gasteiger partial charge in [0.2, 0.25) is 17.7 Å². The molecule has 0 saturated carbocycles. The summed E-state index contributed by atoms with van der Waals surface area (Å²) in [6, 6.07) is 2.67. The van der Waals surface area contributed by atoms with Gasteiger partial charge in [0, 0.05) is 13.0 Å². The SMILES string of the molecule is O=C(CCCN1C(=O)[C@@H]2CC=CC[C@H]2C1=O)Nc1cc(C(F)(F)F)ccc1Cl. The van der Waals surface area contributed by atoms with Crippen molar-refractivity contribution in [2.75, 3.05) is 11.9 Å². The Balaban J connectivity index is 1.54. The van der Waals surface area contributed by atoms with Crippen molar-refractivity contribution < 1.29 is 27.6 Å². The van der Waals surface area contributed by atoms with Crippen LogP contribution in [0.3, 0.4) is 0 Å². The quantitative estimate of drug-likeness (QED) is 0.584. The van der Waals surface area contributed by atoms with E-state index in [4.69, 9.17) is 11.6 Å². The number of anilines is 1. The Hall–Kier alpha value is -2.35. The highest BCUT2D eigenvalue weighted by atomic mass is 35.5. The van der Waals surface area contributed by atoms with Crippen LogP contribution in [0, 0.1) is 11.8 Å². The van der Waals surface area contributed by atoms with Crippen molar-refractivity contribution in [1.29, 1.82) is 0 Å². The third-order valence-electron chi connectivity index (χ3n) is 4.95. The first-order chi connectivity index (χ1) is 13.2. The molecule has 1 aliphatic carbocycles. The molecule has 0 bridgehead atoms. The number of alkyl halides is 3. The average Bonchev–Trinajstić information content (AvgIpc) is 2.88. The van der Waals surface area contributed by atoms with Crippen molar-refractivity contribution >= 4 is 35.0 Å². The molecule has 1 aromatic rings. The maximum atomic E-state index is 12.8. The number of nitrogens with one attached hydrogen (secondary N) is 1. The number of imide groups is 1. The summed E-state index contributed by atoms with van der Waals surface area (Å²) in [4.78, 5) is 37.9. The van der Waals surface area contributed by atoms with Crippen molar-refractivity contribution in [2.24, 2.45) is 11.8 Å². The Bertz CT molecular complexity index is 812. The molecule has 1 aromatic carbocycles. The molecule has 1 aliphatic heterocycles. The lowest BCUT2D eigenvalue weighted by Gasteiger charge is -2.15. The maximum Gasteiger partial charge on any atom is 0.416 e. The smallest absolute Gasteiger partial charge is 0.325 e. The van der Waals surface area contributed by atoms with E-state index in [0.717, 1.165) is 18.2 Å². The number of likely N-dealkylation sites (tertiary alicyclic amines) is 1. The van der Waals surface area contributed by atoms with Crippen molar-refractivity contribution in [3.8, 4) is 0 Å². The van der Waals surface area contributed by atoms with E-state index in [9.17, 15) is 27.6 Å². The number of allylic oxidation sites excluding steroid dienone is 2. The van der Waals surface area contributed by atoms with Crippen LogP contribution in [-0.4, -0.2) is 29.2 Å². The van der Waals surface area contributed by atoms with Crippen LogP contribution in [0.5, 0.6) is 0 Å². The van der Waals surface area contributed by atoms with Gasteiger partial charge in [0.25, 0.3) is 0 Å². The van der Waals surface area contributed by atoms with Crippen LogP contribution < -0.4 is 5.32 Å². The van der Waals surface area contributed by atoms with Gasteiger partial charge in [0.05, 0.1) is 28.1 Å². The van der Waals surface area contributed by atoms with Gasteiger partial charge in [-0.1, -0.05) is 23.8 Å². The standard InChI is InChI=1S/C19H18ClF3N2O3/c20-14-8-7-11(19(21,22)23)10-15(14)24-16(26)6-3-9-25-17(27)12-4-1-2-5-13(12)18(25)28/h1-2,7-8,10,12-13H,3-6,9H2,(H,24,26)/t12-,13-/m1/s1. The Morgan fingerprint density at radius 1 is 1.14 bits per heavy atom. The van der Waals surface area contributed by atoms with E-state index in [2.05, 4.69) is 5.32 Å². The number of hydrogen-bond acceptors (Lipinski definition) is 3. The second kappa shape index (κ2) is 7.95. The molecule has 0 aromatic heterocycles. The average molecular weight is 415 g/mol. The van der Waals surface area contributed by atoms with Crippen molar-refractivity contribution in [3.05, 3.63) is 40.9 Å². The molecule has 2 atom stereocenters. The molecule has 5 nitrogen and oxygen atoms in total. The molecule has 3 amide bonds. The third kappa shape index (κ3) is 4.22. The van der Waals surface area contributed by atoms with E-state index in [0.29, 0.717) is 12.8 Å². The minimum absolute atomic E-state index is 0.0113. The number of nitrogens with zero attached hydrogens (tertiary/aromatic N) is 1. The van der Waals surface area contributed by atoms with E-state index < -0.39 is 17.6 Å². The van der Waals surface area contributed by atoms with E-state index in [-0.39, 0.29) is 53.7 Å². The fourth-order valence-corrected chi connectivity index (χ4v) is 3.66. The first-order valence-corrected chi connectivity index (χ1v) is 9.23. The summed E-state index contributed by atoms with van der Waals surface area (Å²) in [7, 11) is 0. The minimum atomic E-state index is -4.55. The first-order valence-electron chi connectivity index (χ1n) is 8.85. The molecule has 150 valence electrons. The number of benzene rings is 1. The van der Waals surface area contributed by atoms with Crippen LogP contribution in [0.25, 0.3) is 0 Å². The van der Waals surface area contributed by atoms with E-state index in [1.54, 1.807) is 0 Å². The normalized spacial score (nSPS) is 21.8. The number of hydrogen-bond donors (Lipinski definition) is 1. The summed E-state index contributed by atoms with van der Waals surface area (Å²) in [6.45, 7) is 0.106. The molecule has 28 heavy (non-hydrogen) atoms. The minimum Gasteiger partial charge on any atom is -0.325 e. The molecule has 1 saturated heterocycles. The summed E-state index contributed by atoms with van der Waals surface area (Å²) in [5.74, 6) is -1.63. The molecule has 1 fully saturated rings. The van der Waals surface area contributed by atoms with Gasteiger partial charge in [0.1, 0.15) is 0 Å². The largest absolute Gasteiger partial charge is 0.416 e. The van der Waals surface area contributed by atoms with Gasteiger partial charge in [-0.15, -0.1) is 0 Å². The van der Waals surface area contributed by atoms with Crippen LogP contribution in [-0.2, 0) is 20.6 Å². The zero-order chi connectivity index (χ0) is 20.5. The lowest BCUT2D eigenvalue weighted by Crippen LogP contribution is -2.32. The van der Waals surface area contributed by atoms with Crippen LogP contribution in [0.2, 0.25) is 5.02 Å². The number of amides is 3. The van der Waals surface area contributed by atoms with Gasteiger partial charge in [0.15, 0.2) is 0 Å². The molecule has 0 spiro atoms. The predicted octanol–water partition coefficient (Wildman–Crippen LogP) is 4.03. The zero-order valence-electron chi connectivity index (χ0n) is 14.8. The number of halogens is 4. The lowest BCUT2D eigenvalue weighted by atomic mass is 9.85. The van der Waals surface area contributed by atoms with Crippen LogP contribution in [0.1, 0.15) is 31.2 Å². The second-order valence-electron chi connectivity index (χ2n) is 6.83. The second-order valence-corrected chi connectivity index (χ2v) is 7.24. The van der Waals surface area contributed by atoms with Gasteiger partial charge in [-0.25, -0.2) is 0 Å². The molecule has 1 heterocycles. The van der Waals surface area contributed by atoms with Crippen LogP contribution in [0.4, 0.5) is 18.9 Å². The predicted molar refractivity (Wildman–Crippen MR) is 96.4 cm³/mol. The Labute approximate surface area is 164 Å². The number of rotatable bonds is 5. The zero-order valence-corrected chi connectivity index (χ0v) is 15.5. The Morgan fingerprint density at radius 3 is 2.32 bits per heavy atom. The molecular formula is C19H18ClF3N2O3. The molecule has 9 heteroatoms. The van der Waals surface area contributed by atoms with Crippen LogP contribution in [0.15, 0.2) is 30.4 Å². The van der Waals surface area contributed by atoms with Crippen molar-refractivity contribution in [3.63, 3.8) is 0 Å². The maximum absolute atomic E-state index is 12.8. The fraction of sp³-hybridized carbons (Fsp3) is 0.421. The lowest BCUT2D eigenvalue weighted by molar-refractivity contribution is -0.140. The number of fused-ring (bicyclic) bond motifs is 1. The molecule has 2 aliphatic rings. The van der Waals surface area contributed by atoms with Crippen molar-refractivity contribution in [1.82, 2.24) is 4.90 Å². The van der Waals surface area contributed by atoms with E-state index >= 15 is 0 Å². The topological polar surface area (TPSA) is 66.5 Å². The summed E-state index contributed by atoms with van der Waals surface area (Å²) < 4.78 is 38.3. The van der Waals surface area contributed by atoms with E-state index in [1.807, 2.05) is 12.2 Å². The molecule has 3 rings (SSSR count). The van der Waals surface area contributed by atoms with E-state index in [1.165, 1.54) is 4.90 Å². The highest BCUT2D eigenvalue weighted by Gasteiger charge is 2.46. The summed E-state index contributed by atoms with van der Waals surface area (Å²) in [6.07, 6.45) is 0.473. The molecule has 0 radical (unpaired) electrons. The molecular weight excluding hydrogens is 397 g/mol. The monoisotopic (exact) mass is 414 g/mol. The summed E-state index contributed by atoms with van der Waals surface area (Å²) in [5, 5.41) is 2.34. The van der Waals surface area contributed by atoms with Crippen LogP contribution >= 0.6 is 11.6 Å². The molecule has 1 N–H and O–H groups in total. The van der Waals surface area contributed by atoms with Gasteiger partial charge >= 0.3 is 6.18 Å². The Kier molecular flexibility index (Phi) is 5.79. The van der Waals surface area contributed by atoms with Gasteiger partial charge < -0.3 is 5.32 Å². The highest BCUT2D eigenvalue weighted by molar-refractivity contribution is 6.33. The Morgan fingerprint density at radius 2 is 1.75 bits per heavy atom. The van der Waals surface area contributed by atoms with Gasteiger partial charge in [-0.3, -0.25) is 19.3 Å². The molecule has 0 unspecified atom stereocenters. The number of carbonyl (C=O) groups excluding carboxylic acids is 3. The highest BCUT2D eigenvalue weighted by Crippen LogP contribution is 2.35. The summed E-state index contributed by atoms with van der Waals surface area (Å²) >= 11 is 5.85. The van der Waals surface area contributed by atoms with Gasteiger partial charge in [-0.2, -0.15) is 13.2 Å². The van der Waals surface area contributed by atoms with Gasteiger partial charge in [-0.05, 0) is 37.5 Å².